The lowest BCUT2D eigenvalue weighted by atomic mass is 9.82. The molecule has 166 valence electrons. The normalized spacial score (nSPS) is 30.7. The summed E-state index contributed by atoms with van der Waals surface area (Å²) in [5.41, 5.74) is 1.17. The Balaban J connectivity index is 1.63. The molecule has 2 fully saturated rings. The van der Waals surface area contributed by atoms with Crippen LogP contribution in [-0.4, -0.2) is 63.4 Å². The van der Waals surface area contributed by atoms with Crippen molar-refractivity contribution in [3.05, 3.63) is 29.8 Å². The molecular formula is C22H32N2O5S. The van der Waals surface area contributed by atoms with Gasteiger partial charge in [0.25, 0.3) is 5.91 Å². The van der Waals surface area contributed by atoms with E-state index in [1.54, 1.807) is 4.90 Å². The number of hydrogen-bond donors (Lipinski definition) is 1. The van der Waals surface area contributed by atoms with E-state index in [9.17, 15) is 13.2 Å². The van der Waals surface area contributed by atoms with Gasteiger partial charge >= 0.3 is 0 Å². The van der Waals surface area contributed by atoms with E-state index >= 15 is 0 Å². The molecule has 0 unspecified atom stereocenters. The average Bonchev–Trinajstić information content (AvgIpc) is 2.91. The number of para-hydroxylation sites is 1. The molecule has 2 bridgehead atoms. The fraction of sp³-hybridized carbons (Fsp3) is 0.682. The zero-order valence-corrected chi connectivity index (χ0v) is 18.4. The number of ether oxygens (including phenoxy) is 2. The van der Waals surface area contributed by atoms with Crippen LogP contribution in [0.15, 0.2) is 24.3 Å². The summed E-state index contributed by atoms with van der Waals surface area (Å²) in [5, 5.41) is 0. The molecule has 1 aromatic rings. The highest BCUT2D eigenvalue weighted by molar-refractivity contribution is 7.88. The van der Waals surface area contributed by atoms with Crippen molar-refractivity contribution >= 4 is 15.9 Å². The summed E-state index contributed by atoms with van der Waals surface area (Å²) in [6.45, 7) is 0.892. The van der Waals surface area contributed by atoms with Crippen molar-refractivity contribution in [2.24, 2.45) is 0 Å². The van der Waals surface area contributed by atoms with E-state index in [4.69, 9.17) is 9.47 Å². The van der Waals surface area contributed by atoms with Crippen molar-refractivity contribution in [2.45, 2.75) is 69.1 Å². The summed E-state index contributed by atoms with van der Waals surface area (Å²) in [7, 11) is -3.39. The number of rotatable bonds is 2. The van der Waals surface area contributed by atoms with Crippen molar-refractivity contribution in [1.29, 1.82) is 0 Å². The van der Waals surface area contributed by atoms with E-state index in [1.165, 1.54) is 11.8 Å². The molecule has 4 aliphatic rings. The monoisotopic (exact) mass is 436 g/mol. The number of carbonyl (C=O) groups excluding carboxylic acids is 1. The Morgan fingerprint density at radius 1 is 1.07 bits per heavy atom. The van der Waals surface area contributed by atoms with Gasteiger partial charge in [-0.3, -0.25) is 4.79 Å². The molecule has 2 atom stereocenters. The average molecular weight is 437 g/mol. The molecule has 1 amide bonds. The van der Waals surface area contributed by atoms with Crippen LogP contribution in [-0.2, 0) is 19.6 Å². The summed E-state index contributed by atoms with van der Waals surface area (Å²) in [4.78, 5) is 15.0. The van der Waals surface area contributed by atoms with Gasteiger partial charge in [0.15, 0.2) is 6.61 Å². The van der Waals surface area contributed by atoms with Crippen molar-refractivity contribution < 1.29 is 22.7 Å². The third-order valence-corrected chi connectivity index (χ3v) is 7.33. The Hall–Kier alpha value is -1.64. The Kier molecular flexibility index (Phi) is 6.65. The molecule has 3 heterocycles. The molecule has 1 N–H and O–H groups in total. The highest BCUT2D eigenvalue weighted by Crippen LogP contribution is 2.38. The Bertz CT molecular complexity index is 851. The molecule has 1 aromatic carbocycles. The zero-order valence-electron chi connectivity index (χ0n) is 17.6. The third-order valence-electron chi connectivity index (χ3n) is 6.60. The predicted octanol–water partition coefficient (Wildman–Crippen LogP) is 2.42. The standard InChI is InChI=1S/C22H32N2O5S/c1-30(26,27)23-19-7-4-5-13-24-20(19)14-28-17-11-9-16(10-12-17)18-6-2-3-8-21(18)29-15-22(24)25/h2-3,6,8,16-17,19-20,23H,4-5,7,9-15H2,1H3/t16-,17+,19-,20-/m0/s1. The minimum Gasteiger partial charge on any atom is -0.483 e. The number of fused-ring (bicyclic) bond motifs is 5. The van der Waals surface area contributed by atoms with Gasteiger partial charge in [0.1, 0.15) is 5.75 Å². The fourth-order valence-corrected chi connectivity index (χ4v) is 5.92. The Morgan fingerprint density at radius 2 is 1.83 bits per heavy atom. The van der Waals surface area contributed by atoms with Gasteiger partial charge in [-0.25, -0.2) is 13.1 Å². The van der Waals surface area contributed by atoms with E-state index in [0.29, 0.717) is 25.5 Å². The van der Waals surface area contributed by atoms with E-state index in [0.717, 1.165) is 44.3 Å². The van der Waals surface area contributed by atoms with E-state index in [2.05, 4.69) is 10.8 Å². The second-order valence-electron chi connectivity index (χ2n) is 8.78. The smallest absolute Gasteiger partial charge is 0.260 e. The van der Waals surface area contributed by atoms with E-state index in [1.807, 2.05) is 18.2 Å². The minimum atomic E-state index is -3.39. The van der Waals surface area contributed by atoms with Gasteiger partial charge in [-0.1, -0.05) is 24.6 Å². The number of amides is 1. The van der Waals surface area contributed by atoms with Crippen LogP contribution in [0.1, 0.15) is 56.4 Å². The van der Waals surface area contributed by atoms with Gasteiger partial charge < -0.3 is 14.4 Å². The second kappa shape index (κ2) is 9.24. The van der Waals surface area contributed by atoms with Gasteiger partial charge in [-0.05, 0) is 56.1 Å². The zero-order chi connectivity index (χ0) is 21.1. The third kappa shape index (κ3) is 5.15. The van der Waals surface area contributed by atoms with Crippen LogP contribution in [0.2, 0.25) is 0 Å². The number of nitrogens with one attached hydrogen (secondary N) is 1. The number of benzene rings is 1. The second-order valence-corrected chi connectivity index (χ2v) is 10.6. The highest BCUT2D eigenvalue weighted by Gasteiger charge is 2.36. The van der Waals surface area contributed by atoms with Crippen LogP contribution >= 0.6 is 0 Å². The SMILES string of the molecule is CS(=O)(=O)N[C@H]1CCCCN2C(=O)COc3ccccc3[C@H]3CC[C@H](CC3)OC[C@@H]12. The van der Waals surface area contributed by atoms with Crippen LogP contribution in [0.4, 0.5) is 0 Å². The molecule has 30 heavy (non-hydrogen) atoms. The first-order chi connectivity index (χ1) is 14.4. The first-order valence-electron chi connectivity index (χ1n) is 11.0. The van der Waals surface area contributed by atoms with Gasteiger partial charge in [-0.15, -0.1) is 0 Å². The van der Waals surface area contributed by atoms with Crippen LogP contribution in [0.5, 0.6) is 5.75 Å². The molecule has 0 aromatic heterocycles. The molecular weight excluding hydrogens is 404 g/mol. The lowest BCUT2D eigenvalue weighted by Crippen LogP contribution is -2.55. The van der Waals surface area contributed by atoms with E-state index in [-0.39, 0.29) is 30.7 Å². The van der Waals surface area contributed by atoms with Gasteiger partial charge in [0.05, 0.1) is 25.0 Å². The highest BCUT2D eigenvalue weighted by atomic mass is 32.2. The summed E-state index contributed by atoms with van der Waals surface area (Å²) >= 11 is 0. The van der Waals surface area contributed by atoms with Crippen LogP contribution < -0.4 is 9.46 Å². The number of sulfonamides is 1. The molecule has 5 rings (SSSR count). The summed E-state index contributed by atoms with van der Waals surface area (Å²) in [5.74, 6) is 1.08. The Morgan fingerprint density at radius 3 is 2.60 bits per heavy atom. The molecule has 0 radical (unpaired) electrons. The van der Waals surface area contributed by atoms with Gasteiger partial charge in [0.2, 0.25) is 10.0 Å². The number of carbonyl (C=O) groups is 1. The summed E-state index contributed by atoms with van der Waals surface area (Å²) in [6, 6.07) is 7.34. The molecule has 1 aliphatic carbocycles. The summed E-state index contributed by atoms with van der Waals surface area (Å²) < 4.78 is 39.0. The molecule has 3 aliphatic heterocycles. The maximum atomic E-state index is 13.2. The largest absolute Gasteiger partial charge is 0.483 e. The number of nitrogens with zero attached hydrogens (tertiary/aromatic N) is 1. The van der Waals surface area contributed by atoms with Gasteiger partial charge in [-0.2, -0.15) is 0 Å². The van der Waals surface area contributed by atoms with Crippen LogP contribution in [0.25, 0.3) is 0 Å². The van der Waals surface area contributed by atoms with Crippen molar-refractivity contribution in [2.75, 3.05) is 26.0 Å². The van der Waals surface area contributed by atoms with Crippen LogP contribution in [0.3, 0.4) is 0 Å². The quantitative estimate of drug-likeness (QED) is 0.770. The molecule has 0 spiro atoms. The topological polar surface area (TPSA) is 84.9 Å². The fourth-order valence-electron chi connectivity index (χ4n) is 5.10. The molecule has 8 heteroatoms. The maximum Gasteiger partial charge on any atom is 0.260 e. The lowest BCUT2D eigenvalue weighted by molar-refractivity contribution is -0.138. The van der Waals surface area contributed by atoms with Crippen molar-refractivity contribution in [3.63, 3.8) is 0 Å². The lowest BCUT2D eigenvalue weighted by Gasteiger charge is -2.36. The molecule has 1 saturated carbocycles. The predicted molar refractivity (Wildman–Crippen MR) is 114 cm³/mol. The van der Waals surface area contributed by atoms with Crippen LogP contribution in [0, 0.1) is 0 Å². The number of hydrogen-bond acceptors (Lipinski definition) is 5. The minimum absolute atomic E-state index is 0.0464. The maximum absolute atomic E-state index is 13.2. The first kappa shape index (κ1) is 21.6. The van der Waals surface area contributed by atoms with Gasteiger partial charge in [0, 0.05) is 12.6 Å². The molecule has 7 nitrogen and oxygen atoms in total. The first-order valence-corrected chi connectivity index (χ1v) is 12.9. The summed E-state index contributed by atoms with van der Waals surface area (Å²) in [6.07, 6.45) is 7.70. The van der Waals surface area contributed by atoms with Crippen molar-refractivity contribution in [3.8, 4) is 5.75 Å². The Labute approximate surface area is 179 Å². The van der Waals surface area contributed by atoms with E-state index < -0.39 is 10.0 Å². The molecule has 1 saturated heterocycles. The van der Waals surface area contributed by atoms with Crippen molar-refractivity contribution in [1.82, 2.24) is 9.62 Å².